The molecule has 0 bridgehead atoms. The Morgan fingerprint density at radius 1 is 1.75 bits per heavy atom. The number of nitrogens with zero attached hydrogens (tertiary/aromatic N) is 1. The molecule has 1 aromatic rings. The molecular weight excluding hydrogens is 102 g/mol. The maximum Gasteiger partial charge on any atom is 0.124 e. The largest absolute Gasteiger partial charge is 0.364 e. The Morgan fingerprint density at radius 2 is 2.62 bits per heavy atom. The number of allylic oxidation sites excluding steroid dienone is 1. The molecular formula is C6H7NO. The van der Waals surface area contributed by atoms with Crippen LogP contribution in [0.1, 0.15) is 12.6 Å². The van der Waals surface area contributed by atoms with Crippen LogP contribution in [0.2, 0.25) is 0 Å². The topological polar surface area (TPSA) is 26.0 Å². The molecule has 0 radical (unpaired) electrons. The lowest BCUT2D eigenvalue weighted by molar-refractivity contribution is 0.418. The van der Waals surface area contributed by atoms with E-state index in [1.54, 1.807) is 12.3 Å². The van der Waals surface area contributed by atoms with Gasteiger partial charge in [-0.05, 0) is 13.0 Å². The molecule has 2 nitrogen and oxygen atoms in total. The maximum absolute atomic E-state index is 4.57. The average molecular weight is 109 g/mol. The van der Waals surface area contributed by atoms with Gasteiger partial charge in [0.15, 0.2) is 0 Å². The summed E-state index contributed by atoms with van der Waals surface area (Å²) in [6, 6.07) is 1.81. The second kappa shape index (κ2) is 2.31. The molecule has 0 saturated carbocycles. The molecule has 0 spiro atoms. The fourth-order valence-corrected chi connectivity index (χ4v) is 0.479. The maximum atomic E-state index is 4.57. The minimum absolute atomic E-state index is 0.868. The predicted molar refractivity (Wildman–Crippen MR) is 31.2 cm³/mol. The third-order valence-electron chi connectivity index (χ3n) is 0.795. The summed E-state index contributed by atoms with van der Waals surface area (Å²) in [5.41, 5.74) is 0.868. The summed E-state index contributed by atoms with van der Waals surface area (Å²) in [6.45, 7) is 1.94. The van der Waals surface area contributed by atoms with Gasteiger partial charge in [0.2, 0.25) is 0 Å². The lowest BCUT2D eigenvalue weighted by Crippen LogP contribution is -1.63. The van der Waals surface area contributed by atoms with Crippen molar-refractivity contribution < 1.29 is 4.52 Å². The van der Waals surface area contributed by atoms with Crippen LogP contribution in [0.25, 0.3) is 6.08 Å². The van der Waals surface area contributed by atoms with Gasteiger partial charge in [0.25, 0.3) is 0 Å². The van der Waals surface area contributed by atoms with Crippen molar-refractivity contribution in [3.05, 3.63) is 24.1 Å². The van der Waals surface area contributed by atoms with E-state index in [4.69, 9.17) is 0 Å². The smallest absolute Gasteiger partial charge is 0.124 e. The van der Waals surface area contributed by atoms with Gasteiger partial charge in [-0.25, -0.2) is 0 Å². The highest BCUT2D eigenvalue weighted by Crippen LogP contribution is 1.95. The zero-order valence-electron chi connectivity index (χ0n) is 4.66. The molecule has 1 rings (SSSR count). The molecule has 0 aromatic carbocycles. The van der Waals surface area contributed by atoms with Crippen LogP contribution in [0.5, 0.6) is 0 Å². The average Bonchev–Trinajstić information content (AvgIpc) is 2.19. The van der Waals surface area contributed by atoms with Crippen LogP contribution in [0, 0.1) is 0 Å². The predicted octanol–water partition coefficient (Wildman–Crippen LogP) is 1.71. The Hall–Kier alpha value is -1.05. The summed E-state index contributed by atoms with van der Waals surface area (Å²) in [6.07, 6.45) is 5.34. The van der Waals surface area contributed by atoms with Crippen molar-refractivity contribution in [1.29, 1.82) is 0 Å². The van der Waals surface area contributed by atoms with Crippen molar-refractivity contribution in [2.24, 2.45) is 0 Å². The first-order valence-corrected chi connectivity index (χ1v) is 2.46. The summed E-state index contributed by atoms with van der Waals surface area (Å²) in [4.78, 5) is 0. The van der Waals surface area contributed by atoms with Crippen molar-refractivity contribution in [3.8, 4) is 0 Å². The van der Waals surface area contributed by atoms with Crippen LogP contribution in [-0.2, 0) is 0 Å². The molecule has 0 saturated heterocycles. The molecule has 0 aliphatic carbocycles. The van der Waals surface area contributed by atoms with Crippen LogP contribution < -0.4 is 0 Å². The Balaban J connectivity index is 2.77. The third-order valence-corrected chi connectivity index (χ3v) is 0.795. The van der Waals surface area contributed by atoms with Crippen LogP contribution in [0.3, 0.4) is 0 Å². The van der Waals surface area contributed by atoms with Gasteiger partial charge in [-0.15, -0.1) is 0 Å². The number of rotatable bonds is 1. The summed E-state index contributed by atoms with van der Waals surface area (Å²) in [5.74, 6) is 0. The van der Waals surface area contributed by atoms with Crippen LogP contribution >= 0.6 is 0 Å². The molecule has 1 heterocycles. The van der Waals surface area contributed by atoms with Gasteiger partial charge in [-0.2, -0.15) is 0 Å². The zero-order valence-corrected chi connectivity index (χ0v) is 4.66. The molecule has 0 N–H and O–H groups in total. The lowest BCUT2D eigenvalue weighted by Gasteiger charge is -1.71. The van der Waals surface area contributed by atoms with E-state index in [9.17, 15) is 0 Å². The van der Waals surface area contributed by atoms with Gasteiger partial charge in [-0.1, -0.05) is 11.2 Å². The van der Waals surface area contributed by atoms with E-state index in [1.165, 1.54) is 0 Å². The minimum atomic E-state index is 0.868. The first kappa shape index (κ1) is 5.09. The van der Waals surface area contributed by atoms with E-state index in [-0.39, 0.29) is 0 Å². The lowest BCUT2D eigenvalue weighted by atomic mass is 10.4. The molecule has 0 atom stereocenters. The van der Waals surface area contributed by atoms with Crippen molar-refractivity contribution in [2.45, 2.75) is 6.92 Å². The number of hydrogen-bond acceptors (Lipinski definition) is 2. The fourth-order valence-electron chi connectivity index (χ4n) is 0.479. The van der Waals surface area contributed by atoms with Gasteiger partial charge in [0, 0.05) is 6.07 Å². The first-order valence-electron chi connectivity index (χ1n) is 2.46. The highest BCUT2D eigenvalue weighted by molar-refractivity contribution is 5.41. The van der Waals surface area contributed by atoms with Gasteiger partial charge in [-0.3, -0.25) is 0 Å². The molecule has 1 aromatic heterocycles. The standard InChI is InChI=1S/C6H7NO/c1-2-3-6-4-5-8-7-6/h2-5H,1H3. The van der Waals surface area contributed by atoms with Crippen LogP contribution in [-0.4, -0.2) is 5.16 Å². The normalized spacial score (nSPS) is 10.6. The van der Waals surface area contributed by atoms with E-state index in [0.29, 0.717) is 0 Å². The summed E-state index contributed by atoms with van der Waals surface area (Å²) in [7, 11) is 0. The molecule has 0 unspecified atom stereocenters. The third kappa shape index (κ3) is 0.964. The molecule has 42 valence electrons. The van der Waals surface area contributed by atoms with Crippen molar-refractivity contribution in [1.82, 2.24) is 5.16 Å². The molecule has 0 aliphatic rings. The van der Waals surface area contributed by atoms with Gasteiger partial charge >= 0.3 is 0 Å². The van der Waals surface area contributed by atoms with Crippen LogP contribution in [0.4, 0.5) is 0 Å². The number of hydrogen-bond donors (Lipinski definition) is 0. The summed E-state index contributed by atoms with van der Waals surface area (Å²) >= 11 is 0. The van der Waals surface area contributed by atoms with Crippen molar-refractivity contribution in [2.75, 3.05) is 0 Å². The second-order valence-corrected chi connectivity index (χ2v) is 1.42. The highest BCUT2D eigenvalue weighted by atomic mass is 16.5. The van der Waals surface area contributed by atoms with Gasteiger partial charge < -0.3 is 4.52 Å². The monoisotopic (exact) mass is 109 g/mol. The zero-order chi connectivity index (χ0) is 5.82. The van der Waals surface area contributed by atoms with Crippen LogP contribution in [0.15, 0.2) is 22.9 Å². The molecule has 2 heteroatoms. The fraction of sp³-hybridized carbons (Fsp3) is 0.167. The first-order chi connectivity index (χ1) is 3.93. The Labute approximate surface area is 47.8 Å². The summed E-state index contributed by atoms with van der Waals surface area (Å²) < 4.78 is 4.57. The van der Waals surface area contributed by atoms with E-state index >= 15 is 0 Å². The molecule has 0 amide bonds. The van der Waals surface area contributed by atoms with Crippen molar-refractivity contribution >= 4 is 6.08 Å². The molecule has 8 heavy (non-hydrogen) atoms. The molecule has 0 aliphatic heterocycles. The van der Waals surface area contributed by atoms with E-state index in [0.717, 1.165) is 5.69 Å². The minimum Gasteiger partial charge on any atom is -0.364 e. The SMILES string of the molecule is CC=Cc1ccon1. The van der Waals surface area contributed by atoms with Gasteiger partial charge in [0.05, 0.1) is 0 Å². The highest BCUT2D eigenvalue weighted by Gasteiger charge is 1.83. The van der Waals surface area contributed by atoms with E-state index < -0.39 is 0 Å². The summed E-state index contributed by atoms with van der Waals surface area (Å²) in [5, 5.41) is 3.64. The van der Waals surface area contributed by atoms with Crippen molar-refractivity contribution in [3.63, 3.8) is 0 Å². The number of aromatic nitrogens is 1. The Bertz CT molecular complexity index is 165. The Kier molecular flexibility index (Phi) is 1.47. The van der Waals surface area contributed by atoms with E-state index in [2.05, 4.69) is 9.68 Å². The van der Waals surface area contributed by atoms with Gasteiger partial charge in [0.1, 0.15) is 12.0 Å². The second-order valence-electron chi connectivity index (χ2n) is 1.42. The van der Waals surface area contributed by atoms with E-state index in [1.807, 2.05) is 19.1 Å². The molecule has 0 fully saturated rings. The quantitative estimate of drug-likeness (QED) is 0.548. The Morgan fingerprint density at radius 3 is 3.12 bits per heavy atom.